The fourth-order valence-electron chi connectivity index (χ4n) is 1.67. The first-order chi connectivity index (χ1) is 9.28. The summed E-state index contributed by atoms with van der Waals surface area (Å²) >= 11 is 0. The van der Waals surface area contributed by atoms with E-state index in [1.165, 1.54) is 0 Å². The fourth-order valence-corrected chi connectivity index (χ4v) is 1.67. The van der Waals surface area contributed by atoms with Crippen LogP contribution in [0.25, 0.3) is 0 Å². The van der Waals surface area contributed by atoms with Crippen molar-refractivity contribution in [3.8, 4) is 12.3 Å². The van der Waals surface area contributed by atoms with E-state index in [0.29, 0.717) is 13.2 Å². The molecule has 1 amide bonds. The molecule has 0 aromatic rings. The molecule has 5 nitrogen and oxygen atoms in total. The van der Waals surface area contributed by atoms with Crippen LogP contribution in [0, 0.1) is 12.3 Å². The highest BCUT2D eigenvalue weighted by molar-refractivity contribution is 5.67. The predicted molar refractivity (Wildman–Crippen MR) is 80.6 cm³/mol. The molecule has 0 saturated heterocycles. The van der Waals surface area contributed by atoms with Crippen molar-refractivity contribution in [1.82, 2.24) is 10.6 Å². The van der Waals surface area contributed by atoms with E-state index in [0.717, 1.165) is 12.8 Å². The number of hydrogen-bond donors (Lipinski definition) is 2. The van der Waals surface area contributed by atoms with Crippen LogP contribution in [0.4, 0.5) is 4.79 Å². The van der Waals surface area contributed by atoms with Gasteiger partial charge in [0, 0.05) is 19.7 Å². The van der Waals surface area contributed by atoms with E-state index in [1.807, 2.05) is 27.7 Å². The molecule has 2 N–H and O–H groups in total. The van der Waals surface area contributed by atoms with Crippen molar-refractivity contribution >= 4 is 6.09 Å². The zero-order chi connectivity index (χ0) is 15.6. The SMILES string of the molecule is C#CC(C)NC(CCCNC(=O)OC(C)(C)C)COC. The lowest BCUT2D eigenvalue weighted by molar-refractivity contribution is 0.0526. The van der Waals surface area contributed by atoms with E-state index >= 15 is 0 Å². The highest BCUT2D eigenvalue weighted by atomic mass is 16.6. The third-order valence-corrected chi connectivity index (χ3v) is 2.50. The minimum absolute atomic E-state index is 0.00830. The zero-order valence-corrected chi connectivity index (χ0v) is 13.3. The van der Waals surface area contributed by atoms with Crippen LogP contribution in [0.15, 0.2) is 0 Å². The third-order valence-electron chi connectivity index (χ3n) is 2.50. The fraction of sp³-hybridized carbons (Fsp3) is 0.800. The monoisotopic (exact) mass is 284 g/mol. The van der Waals surface area contributed by atoms with Gasteiger partial charge in [-0.25, -0.2) is 4.79 Å². The Morgan fingerprint density at radius 1 is 1.40 bits per heavy atom. The van der Waals surface area contributed by atoms with Gasteiger partial charge in [-0.05, 0) is 40.5 Å². The molecule has 0 spiro atoms. The molecule has 2 unspecified atom stereocenters. The molecular weight excluding hydrogens is 256 g/mol. The molecule has 0 aliphatic heterocycles. The molecule has 0 bridgehead atoms. The molecule has 5 heteroatoms. The summed E-state index contributed by atoms with van der Waals surface area (Å²) in [7, 11) is 1.66. The van der Waals surface area contributed by atoms with Crippen molar-refractivity contribution in [1.29, 1.82) is 0 Å². The number of methoxy groups -OCH3 is 1. The molecule has 0 aromatic carbocycles. The molecule has 0 rings (SSSR count). The van der Waals surface area contributed by atoms with Crippen molar-refractivity contribution in [2.75, 3.05) is 20.3 Å². The summed E-state index contributed by atoms with van der Waals surface area (Å²) in [6, 6.07) is 0.195. The number of carbonyl (C=O) groups excluding carboxylic acids is 1. The van der Waals surface area contributed by atoms with Crippen molar-refractivity contribution < 1.29 is 14.3 Å². The second-order valence-corrected chi connectivity index (χ2v) is 5.78. The molecule has 0 saturated carbocycles. The number of hydrogen-bond acceptors (Lipinski definition) is 4. The molecule has 20 heavy (non-hydrogen) atoms. The summed E-state index contributed by atoms with van der Waals surface area (Å²) in [6.07, 6.45) is 6.66. The zero-order valence-electron chi connectivity index (χ0n) is 13.3. The van der Waals surface area contributed by atoms with Crippen LogP contribution < -0.4 is 10.6 Å². The highest BCUT2D eigenvalue weighted by Crippen LogP contribution is 2.06. The molecule has 0 fully saturated rings. The number of rotatable bonds is 8. The quantitative estimate of drug-likeness (QED) is 0.528. The summed E-state index contributed by atoms with van der Waals surface area (Å²) in [5.74, 6) is 2.63. The topological polar surface area (TPSA) is 59.6 Å². The van der Waals surface area contributed by atoms with Crippen LogP contribution in [-0.4, -0.2) is 44.0 Å². The predicted octanol–water partition coefficient (Wildman–Crippen LogP) is 1.92. The van der Waals surface area contributed by atoms with E-state index in [9.17, 15) is 4.79 Å². The van der Waals surface area contributed by atoms with Crippen LogP contribution in [0.1, 0.15) is 40.5 Å². The Balaban J connectivity index is 3.89. The first-order valence-electron chi connectivity index (χ1n) is 6.96. The second kappa shape index (κ2) is 9.62. The van der Waals surface area contributed by atoms with Crippen molar-refractivity contribution in [3.63, 3.8) is 0 Å². The molecule has 0 aliphatic carbocycles. The largest absolute Gasteiger partial charge is 0.444 e. The van der Waals surface area contributed by atoms with Crippen LogP contribution in [-0.2, 0) is 9.47 Å². The number of nitrogens with one attached hydrogen (secondary N) is 2. The minimum Gasteiger partial charge on any atom is -0.444 e. The van der Waals surface area contributed by atoms with Gasteiger partial charge in [-0.15, -0.1) is 6.42 Å². The van der Waals surface area contributed by atoms with E-state index < -0.39 is 5.60 Å². The summed E-state index contributed by atoms with van der Waals surface area (Å²) in [5, 5.41) is 6.02. The van der Waals surface area contributed by atoms with Gasteiger partial charge in [0.25, 0.3) is 0 Å². The molecule has 0 aliphatic rings. The number of carbonyl (C=O) groups is 1. The maximum atomic E-state index is 11.5. The van der Waals surface area contributed by atoms with E-state index in [1.54, 1.807) is 7.11 Å². The smallest absolute Gasteiger partial charge is 0.407 e. The van der Waals surface area contributed by atoms with Gasteiger partial charge >= 0.3 is 6.09 Å². The standard InChI is InChI=1S/C15H28N2O3/c1-7-12(2)17-13(11-19-6)9-8-10-16-14(18)20-15(3,4)5/h1,12-13,17H,8-11H2,2-6H3,(H,16,18). The summed E-state index contributed by atoms with van der Waals surface area (Å²) < 4.78 is 10.3. The van der Waals surface area contributed by atoms with Gasteiger partial charge in [-0.3, -0.25) is 5.32 Å². The summed E-state index contributed by atoms with van der Waals surface area (Å²) in [6.45, 7) is 8.62. The van der Waals surface area contributed by atoms with E-state index in [4.69, 9.17) is 15.9 Å². The van der Waals surface area contributed by atoms with Gasteiger partial charge in [0.15, 0.2) is 0 Å². The van der Waals surface area contributed by atoms with Crippen LogP contribution in [0.5, 0.6) is 0 Å². The van der Waals surface area contributed by atoms with Gasteiger partial charge in [0.2, 0.25) is 0 Å². The number of amides is 1. The van der Waals surface area contributed by atoms with Crippen molar-refractivity contribution in [3.05, 3.63) is 0 Å². The normalized spacial score (nSPS) is 14.2. The lowest BCUT2D eigenvalue weighted by atomic mass is 10.1. The third kappa shape index (κ3) is 10.7. The molecular formula is C15H28N2O3. The van der Waals surface area contributed by atoms with Crippen LogP contribution in [0.2, 0.25) is 0 Å². The Hall–Kier alpha value is -1.25. The Morgan fingerprint density at radius 3 is 2.55 bits per heavy atom. The Kier molecular flexibility index (Phi) is 9.02. The minimum atomic E-state index is -0.466. The van der Waals surface area contributed by atoms with Gasteiger partial charge in [-0.1, -0.05) is 5.92 Å². The Morgan fingerprint density at radius 2 is 2.05 bits per heavy atom. The lowest BCUT2D eigenvalue weighted by Gasteiger charge is -2.21. The van der Waals surface area contributed by atoms with Crippen LogP contribution in [0.3, 0.4) is 0 Å². The number of terminal acetylenes is 1. The van der Waals surface area contributed by atoms with Crippen molar-refractivity contribution in [2.24, 2.45) is 0 Å². The first kappa shape index (κ1) is 18.8. The maximum Gasteiger partial charge on any atom is 0.407 e. The average molecular weight is 284 g/mol. The van der Waals surface area contributed by atoms with Gasteiger partial charge in [0.1, 0.15) is 5.60 Å². The highest BCUT2D eigenvalue weighted by Gasteiger charge is 2.16. The summed E-state index contributed by atoms with van der Waals surface area (Å²) in [5.41, 5.74) is -0.466. The molecule has 0 heterocycles. The Labute approximate surface area is 122 Å². The molecule has 0 radical (unpaired) electrons. The maximum absolute atomic E-state index is 11.5. The van der Waals surface area contributed by atoms with E-state index in [-0.39, 0.29) is 18.2 Å². The molecule has 2 atom stereocenters. The second-order valence-electron chi connectivity index (χ2n) is 5.78. The summed E-state index contributed by atoms with van der Waals surface area (Å²) in [4.78, 5) is 11.5. The van der Waals surface area contributed by atoms with Crippen LogP contribution >= 0.6 is 0 Å². The number of ether oxygens (including phenoxy) is 2. The van der Waals surface area contributed by atoms with Crippen molar-refractivity contribution in [2.45, 2.75) is 58.2 Å². The van der Waals surface area contributed by atoms with Gasteiger partial charge < -0.3 is 14.8 Å². The molecule has 0 aromatic heterocycles. The van der Waals surface area contributed by atoms with Gasteiger partial charge in [-0.2, -0.15) is 0 Å². The molecule has 116 valence electrons. The Bertz CT molecular complexity index is 318. The lowest BCUT2D eigenvalue weighted by Crippen LogP contribution is -2.39. The van der Waals surface area contributed by atoms with E-state index in [2.05, 4.69) is 16.6 Å². The average Bonchev–Trinajstić information content (AvgIpc) is 2.32. The first-order valence-corrected chi connectivity index (χ1v) is 6.96. The van der Waals surface area contributed by atoms with Gasteiger partial charge in [0.05, 0.1) is 12.6 Å². The number of alkyl carbamates (subject to hydrolysis) is 1.